The molecule has 7 nitrogen and oxygen atoms in total. The number of amides is 1. The highest BCUT2D eigenvalue weighted by Gasteiger charge is 2.24. The highest BCUT2D eigenvalue weighted by Crippen LogP contribution is 2.29. The highest BCUT2D eigenvalue weighted by molar-refractivity contribution is 7.89. The van der Waals surface area contributed by atoms with E-state index in [-0.39, 0.29) is 23.1 Å². The van der Waals surface area contributed by atoms with Gasteiger partial charge in [-0.2, -0.15) is 0 Å². The van der Waals surface area contributed by atoms with Crippen molar-refractivity contribution in [3.8, 4) is 5.75 Å². The van der Waals surface area contributed by atoms with Gasteiger partial charge in [0.25, 0.3) is 0 Å². The number of hydrogen-bond donors (Lipinski definition) is 2. The number of hydrogen-bond acceptors (Lipinski definition) is 5. The maximum Gasteiger partial charge on any atom is 0.246 e. The summed E-state index contributed by atoms with van der Waals surface area (Å²) in [5.41, 5.74) is 7.27. The van der Waals surface area contributed by atoms with Crippen molar-refractivity contribution in [1.29, 1.82) is 0 Å². The number of halogens is 1. The molecule has 9 heteroatoms. The second-order valence-corrected chi connectivity index (χ2v) is 8.29. The molecule has 3 N–H and O–H groups in total. The molecule has 0 saturated heterocycles. The van der Waals surface area contributed by atoms with Crippen molar-refractivity contribution in [3.63, 3.8) is 0 Å². The van der Waals surface area contributed by atoms with Crippen LogP contribution in [0.5, 0.6) is 5.75 Å². The van der Waals surface area contributed by atoms with Gasteiger partial charge in [-0.25, -0.2) is 12.7 Å². The SMILES string of the molecule is CCOc1ccc(NC(=O)C(N)Cc2ccccc2)cc1S(=O)(=O)N(C)C.Cl. The zero-order valence-electron chi connectivity index (χ0n) is 16.1. The predicted molar refractivity (Wildman–Crippen MR) is 112 cm³/mol. The third-order valence-electron chi connectivity index (χ3n) is 3.90. The van der Waals surface area contributed by atoms with Crippen molar-refractivity contribution >= 4 is 34.0 Å². The molecule has 0 aliphatic carbocycles. The molecule has 154 valence electrons. The predicted octanol–water partition coefficient (Wildman–Crippen LogP) is 2.27. The maximum absolute atomic E-state index is 12.5. The van der Waals surface area contributed by atoms with E-state index in [0.717, 1.165) is 9.87 Å². The molecular formula is C19H26ClN3O4S. The molecule has 1 amide bonds. The van der Waals surface area contributed by atoms with Crippen molar-refractivity contribution in [1.82, 2.24) is 4.31 Å². The monoisotopic (exact) mass is 427 g/mol. The van der Waals surface area contributed by atoms with E-state index in [4.69, 9.17) is 10.5 Å². The maximum atomic E-state index is 12.5. The number of carbonyl (C=O) groups is 1. The lowest BCUT2D eigenvalue weighted by Gasteiger charge is -2.17. The molecule has 2 aromatic carbocycles. The Morgan fingerprint density at radius 2 is 1.82 bits per heavy atom. The van der Waals surface area contributed by atoms with E-state index in [0.29, 0.717) is 18.7 Å². The Morgan fingerprint density at radius 3 is 2.39 bits per heavy atom. The fourth-order valence-corrected chi connectivity index (χ4v) is 3.51. The minimum absolute atomic E-state index is 0. The largest absolute Gasteiger partial charge is 0.492 e. The van der Waals surface area contributed by atoms with Gasteiger partial charge in [0, 0.05) is 19.8 Å². The first kappa shape index (κ1) is 23.9. The van der Waals surface area contributed by atoms with Gasteiger partial charge < -0.3 is 15.8 Å². The Labute approximate surface area is 172 Å². The second kappa shape index (κ2) is 10.4. The molecule has 0 fully saturated rings. The van der Waals surface area contributed by atoms with Crippen LogP contribution in [0.15, 0.2) is 53.4 Å². The molecule has 0 radical (unpaired) electrons. The summed E-state index contributed by atoms with van der Waals surface area (Å²) in [6, 6.07) is 13.2. The van der Waals surface area contributed by atoms with Gasteiger partial charge in [0.2, 0.25) is 15.9 Å². The van der Waals surface area contributed by atoms with Crippen molar-refractivity contribution in [2.45, 2.75) is 24.3 Å². The van der Waals surface area contributed by atoms with Gasteiger partial charge in [-0.05, 0) is 37.1 Å². The number of benzene rings is 2. The number of anilines is 1. The molecule has 0 aliphatic rings. The van der Waals surface area contributed by atoms with Crippen molar-refractivity contribution in [2.75, 3.05) is 26.0 Å². The summed E-state index contributed by atoms with van der Waals surface area (Å²) in [4.78, 5) is 12.4. The molecule has 1 unspecified atom stereocenters. The lowest BCUT2D eigenvalue weighted by Crippen LogP contribution is -2.37. The summed E-state index contributed by atoms with van der Waals surface area (Å²) in [6.45, 7) is 2.09. The Kier molecular flexibility index (Phi) is 8.90. The van der Waals surface area contributed by atoms with Crippen LogP contribution in [0.2, 0.25) is 0 Å². The van der Waals surface area contributed by atoms with Crippen LogP contribution in [0.25, 0.3) is 0 Å². The van der Waals surface area contributed by atoms with Crippen LogP contribution >= 0.6 is 12.4 Å². The molecule has 0 aromatic heterocycles. The van der Waals surface area contributed by atoms with E-state index in [1.807, 2.05) is 30.3 Å². The first-order valence-electron chi connectivity index (χ1n) is 8.55. The normalized spacial score (nSPS) is 12.2. The number of nitrogens with two attached hydrogens (primary N) is 1. The number of carbonyl (C=O) groups excluding carboxylic acids is 1. The molecule has 28 heavy (non-hydrogen) atoms. The van der Waals surface area contributed by atoms with Crippen LogP contribution in [-0.4, -0.2) is 45.4 Å². The summed E-state index contributed by atoms with van der Waals surface area (Å²) in [5, 5.41) is 2.68. The zero-order valence-corrected chi connectivity index (χ0v) is 17.7. The lowest BCUT2D eigenvalue weighted by molar-refractivity contribution is -0.117. The van der Waals surface area contributed by atoms with Crippen LogP contribution < -0.4 is 15.8 Å². The van der Waals surface area contributed by atoms with Crippen molar-refractivity contribution < 1.29 is 17.9 Å². The summed E-state index contributed by atoms with van der Waals surface area (Å²) >= 11 is 0. The van der Waals surface area contributed by atoms with Crippen LogP contribution in [0.4, 0.5) is 5.69 Å². The third-order valence-corrected chi connectivity index (χ3v) is 5.74. The molecule has 2 aromatic rings. The Bertz CT molecular complexity index is 889. The van der Waals surface area contributed by atoms with Gasteiger partial charge in [-0.1, -0.05) is 30.3 Å². The molecule has 0 spiro atoms. The Balaban J connectivity index is 0.00000392. The summed E-state index contributed by atoms with van der Waals surface area (Å²) in [7, 11) is -0.858. The van der Waals surface area contributed by atoms with Gasteiger partial charge in [0.05, 0.1) is 12.6 Å². The van der Waals surface area contributed by atoms with Crippen LogP contribution in [0.3, 0.4) is 0 Å². The Hall–Kier alpha value is -2.13. The average molecular weight is 428 g/mol. The van der Waals surface area contributed by atoms with Gasteiger partial charge in [0.15, 0.2) is 0 Å². The van der Waals surface area contributed by atoms with E-state index in [1.54, 1.807) is 13.0 Å². The molecule has 0 heterocycles. The van der Waals surface area contributed by atoms with Gasteiger partial charge in [-0.15, -0.1) is 12.4 Å². The summed E-state index contributed by atoms with van der Waals surface area (Å²) in [6.07, 6.45) is 0.382. The topological polar surface area (TPSA) is 102 Å². The first-order chi connectivity index (χ1) is 12.8. The first-order valence-corrected chi connectivity index (χ1v) is 9.99. The summed E-state index contributed by atoms with van der Waals surface area (Å²) in [5.74, 6) is -0.158. The molecule has 1 atom stereocenters. The molecular weight excluding hydrogens is 402 g/mol. The average Bonchev–Trinajstić information content (AvgIpc) is 2.63. The minimum atomic E-state index is -3.73. The van der Waals surface area contributed by atoms with E-state index in [9.17, 15) is 13.2 Å². The highest BCUT2D eigenvalue weighted by atomic mass is 35.5. The number of nitrogens with one attached hydrogen (secondary N) is 1. The molecule has 2 rings (SSSR count). The number of ether oxygens (including phenoxy) is 1. The number of rotatable bonds is 8. The smallest absolute Gasteiger partial charge is 0.246 e. The second-order valence-electron chi connectivity index (χ2n) is 6.17. The van der Waals surface area contributed by atoms with Gasteiger partial charge in [0.1, 0.15) is 10.6 Å². The zero-order chi connectivity index (χ0) is 20.0. The molecule has 0 saturated carbocycles. The number of sulfonamides is 1. The third kappa shape index (κ3) is 5.93. The van der Waals surface area contributed by atoms with E-state index in [1.165, 1.54) is 26.2 Å². The Morgan fingerprint density at radius 1 is 1.18 bits per heavy atom. The minimum Gasteiger partial charge on any atom is -0.492 e. The standard InChI is InChI=1S/C19H25N3O4S.ClH/c1-4-26-17-11-10-15(13-18(17)27(24,25)22(2)3)21-19(23)16(20)12-14-8-6-5-7-9-14;/h5-11,13,16H,4,12,20H2,1-3H3,(H,21,23);1H. The van der Waals surface area contributed by atoms with Crippen LogP contribution in [0, 0.1) is 0 Å². The van der Waals surface area contributed by atoms with E-state index < -0.39 is 22.0 Å². The lowest BCUT2D eigenvalue weighted by atomic mass is 10.1. The van der Waals surface area contributed by atoms with Gasteiger partial charge in [-0.3, -0.25) is 4.79 Å². The van der Waals surface area contributed by atoms with E-state index in [2.05, 4.69) is 5.32 Å². The molecule has 0 bridgehead atoms. The van der Waals surface area contributed by atoms with Crippen LogP contribution in [0.1, 0.15) is 12.5 Å². The van der Waals surface area contributed by atoms with Gasteiger partial charge >= 0.3 is 0 Å². The fourth-order valence-electron chi connectivity index (χ4n) is 2.45. The number of nitrogens with zero attached hydrogens (tertiary/aromatic N) is 1. The van der Waals surface area contributed by atoms with E-state index >= 15 is 0 Å². The van der Waals surface area contributed by atoms with Crippen LogP contribution in [-0.2, 0) is 21.2 Å². The molecule has 0 aliphatic heterocycles. The quantitative estimate of drug-likeness (QED) is 0.672. The summed E-state index contributed by atoms with van der Waals surface area (Å²) < 4.78 is 31.6. The van der Waals surface area contributed by atoms with Crippen molar-refractivity contribution in [3.05, 3.63) is 54.1 Å². The van der Waals surface area contributed by atoms with Crippen molar-refractivity contribution in [2.24, 2.45) is 5.73 Å². The fraction of sp³-hybridized carbons (Fsp3) is 0.316.